The molecule has 0 N–H and O–H groups in total. The van der Waals surface area contributed by atoms with Crippen LogP contribution in [0.3, 0.4) is 0 Å². The summed E-state index contributed by atoms with van der Waals surface area (Å²) in [7, 11) is 0. The molecule has 0 bridgehead atoms. The van der Waals surface area contributed by atoms with Crippen LogP contribution >= 0.6 is 11.3 Å². The molecule has 0 radical (unpaired) electrons. The first-order valence-corrected chi connectivity index (χ1v) is 8.20. The molecule has 0 saturated carbocycles. The second-order valence-corrected chi connectivity index (χ2v) is 6.55. The molecule has 2 aliphatic rings. The zero-order valence-corrected chi connectivity index (χ0v) is 13.0. The van der Waals surface area contributed by atoms with Crippen LogP contribution in [0, 0.1) is 0 Å². The maximum atomic E-state index is 12.8. The van der Waals surface area contributed by atoms with Crippen molar-refractivity contribution in [3.05, 3.63) is 22.6 Å². The number of halogens is 3. The summed E-state index contributed by atoms with van der Waals surface area (Å²) in [5.74, 6) is -1.07. The van der Waals surface area contributed by atoms with Gasteiger partial charge in [0.2, 0.25) is 0 Å². The first-order chi connectivity index (χ1) is 10.9. The Morgan fingerprint density at radius 2 is 1.87 bits per heavy atom. The van der Waals surface area contributed by atoms with Gasteiger partial charge in [-0.25, -0.2) is 4.79 Å². The largest absolute Gasteiger partial charge is 0.437 e. The lowest BCUT2D eigenvalue weighted by Crippen LogP contribution is -2.24. The number of anilines is 1. The number of hydrogen-bond acceptors (Lipinski definition) is 5. The minimum atomic E-state index is -4.71. The van der Waals surface area contributed by atoms with Crippen molar-refractivity contribution >= 4 is 34.1 Å². The molecular weight excluding hydrogens is 329 g/mol. The maximum absolute atomic E-state index is 12.8. The fraction of sp³-hybridized carbons (Fsp3) is 0.467. The van der Waals surface area contributed by atoms with Gasteiger partial charge in [-0.3, -0.25) is 0 Å². The number of carbonyl (C=O) groups excluding carboxylic acids is 1. The predicted molar refractivity (Wildman–Crippen MR) is 82.6 cm³/mol. The first kappa shape index (κ1) is 16.0. The van der Waals surface area contributed by atoms with Gasteiger partial charge >= 0.3 is 12.1 Å². The highest BCUT2D eigenvalue weighted by Gasteiger charge is 2.45. The van der Waals surface area contributed by atoms with Gasteiger partial charge in [0.15, 0.2) is 5.71 Å². The highest BCUT2D eigenvalue weighted by Crippen LogP contribution is 2.32. The lowest BCUT2D eigenvalue weighted by atomic mass is 10.1. The van der Waals surface area contributed by atoms with E-state index in [9.17, 15) is 18.0 Å². The van der Waals surface area contributed by atoms with E-state index in [-0.39, 0.29) is 0 Å². The molecule has 4 nitrogen and oxygen atoms in total. The fourth-order valence-corrected chi connectivity index (χ4v) is 3.64. The maximum Gasteiger partial charge on any atom is 0.437 e. The summed E-state index contributed by atoms with van der Waals surface area (Å²) in [6.45, 7) is 1.90. The molecule has 1 aromatic rings. The van der Waals surface area contributed by atoms with Crippen molar-refractivity contribution in [1.82, 2.24) is 0 Å². The lowest BCUT2D eigenvalue weighted by molar-refractivity contribution is -0.136. The molecule has 0 atom stereocenters. The van der Waals surface area contributed by atoms with E-state index in [1.165, 1.54) is 30.3 Å². The van der Waals surface area contributed by atoms with Crippen LogP contribution in [-0.2, 0) is 9.63 Å². The minimum Gasteiger partial charge on any atom is -0.363 e. The minimum absolute atomic E-state index is 0.540. The van der Waals surface area contributed by atoms with Gasteiger partial charge < -0.3 is 9.74 Å². The number of carbonyl (C=O) groups is 1. The summed E-state index contributed by atoms with van der Waals surface area (Å²) >= 11 is 1.37. The summed E-state index contributed by atoms with van der Waals surface area (Å²) in [6, 6.07) is 3.60. The Morgan fingerprint density at radius 3 is 2.52 bits per heavy atom. The number of hydrogen-bond donors (Lipinski definition) is 0. The third-order valence-corrected chi connectivity index (χ3v) is 4.87. The third kappa shape index (κ3) is 3.57. The van der Waals surface area contributed by atoms with Crippen molar-refractivity contribution in [2.24, 2.45) is 5.16 Å². The van der Waals surface area contributed by atoms with Gasteiger partial charge in [-0.1, -0.05) is 18.0 Å². The van der Waals surface area contributed by atoms with E-state index >= 15 is 0 Å². The second-order valence-electron chi connectivity index (χ2n) is 5.45. The summed E-state index contributed by atoms with van der Waals surface area (Å²) in [5, 5.41) is 3.85. The number of oxime groups is 1. The standard InChI is InChI=1S/C15H15F3N2O2S/c16-15(17,18)13-11(14(21)22-19-13)9-10-5-6-12(23-10)20-7-3-1-2-4-8-20/h5-6,9H,1-4,7-8H2/b11-9+. The van der Waals surface area contributed by atoms with Gasteiger partial charge in [0, 0.05) is 18.0 Å². The van der Waals surface area contributed by atoms with Crippen LogP contribution in [0.4, 0.5) is 18.2 Å². The molecule has 1 fully saturated rings. The van der Waals surface area contributed by atoms with E-state index in [1.807, 2.05) is 6.07 Å². The van der Waals surface area contributed by atoms with Gasteiger partial charge in [0.05, 0.1) is 10.6 Å². The molecule has 8 heteroatoms. The van der Waals surface area contributed by atoms with Crippen LogP contribution < -0.4 is 4.90 Å². The molecule has 3 rings (SSSR count). The molecule has 23 heavy (non-hydrogen) atoms. The SMILES string of the molecule is O=C1ON=C(C(F)(F)F)/C1=C\c1ccc(N2CCCCCC2)s1. The Balaban J connectivity index is 1.82. The van der Waals surface area contributed by atoms with Crippen molar-refractivity contribution in [2.75, 3.05) is 18.0 Å². The van der Waals surface area contributed by atoms with Crippen LogP contribution in [-0.4, -0.2) is 30.9 Å². The van der Waals surface area contributed by atoms with Gasteiger partial charge in [0.25, 0.3) is 0 Å². The van der Waals surface area contributed by atoms with Crippen LogP contribution in [0.1, 0.15) is 30.6 Å². The monoisotopic (exact) mass is 344 g/mol. The Kier molecular flexibility index (Phi) is 4.43. The number of thiophene rings is 1. The lowest BCUT2D eigenvalue weighted by Gasteiger charge is -2.19. The first-order valence-electron chi connectivity index (χ1n) is 7.38. The summed E-state index contributed by atoms with van der Waals surface area (Å²) in [4.78, 5) is 18.5. The topological polar surface area (TPSA) is 41.9 Å². The third-order valence-electron chi connectivity index (χ3n) is 3.78. The highest BCUT2D eigenvalue weighted by atomic mass is 32.1. The van der Waals surface area contributed by atoms with Crippen molar-refractivity contribution in [1.29, 1.82) is 0 Å². The average Bonchev–Trinajstić information content (AvgIpc) is 2.98. The quantitative estimate of drug-likeness (QED) is 0.602. The molecule has 0 unspecified atom stereocenters. The van der Waals surface area contributed by atoms with E-state index < -0.39 is 23.4 Å². The highest BCUT2D eigenvalue weighted by molar-refractivity contribution is 7.17. The van der Waals surface area contributed by atoms with Crippen LogP contribution in [0.2, 0.25) is 0 Å². The zero-order chi connectivity index (χ0) is 16.4. The predicted octanol–water partition coefficient (Wildman–Crippen LogP) is 3.99. The molecule has 0 aromatic carbocycles. The molecule has 0 aliphatic carbocycles. The fourth-order valence-electron chi connectivity index (χ4n) is 2.64. The molecule has 2 aliphatic heterocycles. The number of alkyl halides is 3. The van der Waals surface area contributed by atoms with E-state index in [0.717, 1.165) is 30.9 Å². The van der Waals surface area contributed by atoms with Crippen molar-refractivity contribution in [3.63, 3.8) is 0 Å². The number of nitrogens with zero attached hydrogens (tertiary/aromatic N) is 2. The van der Waals surface area contributed by atoms with Gasteiger partial charge in [0.1, 0.15) is 0 Å². The average molecular weight is 344 g/mol. The molecule has 0 amide bonds. The molecule has 124 valence electrons. The van der Waals surface area contributed by atoms with E-state index in [4.69, 9.17) is 0 Å². The molecule has 0 spiro atoms. The normalized spacial score (nSPS) is 21.3. The second kappa shape index (κ2) is 6.35. The number of rotatable bonds is 2. The van der Waals surface area contributed by atoms with Gasteiger partial charge in [-0.15, -0.1) is 11.3 Å². The Bertz CT molecular complexity index is 656. The summed E-state index contributed by atoms with van der Waals surface area (Å²) < 4.78 is 38.5. The van der Waals surface area contributed by atoms with Crippen molar-refractivity contribution in [2.45, 2.75) is 31.9 Å². The summed E-state index contributed by atoms with van der Waals surface area (Å²) in [5.41, 5.74) is -1.81. The van der Waals surface area contributed by atoms with Gasteiger partial charge in [-0.2, -0.15) is 13.2 Å². The molecule has 1 saturated heterocycles. The molecular formula is C15H15F3N2O2S. The van der Waals surface area contributed by atoms with Crippen molar-refractivity contribution < 1.29 is 22.8 Å². The van der Waals surface area contributed by atoms with E-state index in [2.05, 4.69) is 14.9 Å². The van der Waals surface area contributed by atoms with E-state index in [0.29, 0.717) is 4.88 Å². The Morgan fingerprint density at radius 1 is 1.17 bits per heavy atom. The Labute approximate surface area is 135 Å². The van der Waals surface area contributed by atoms with Gasteiger partial charge in [-0.05, 0) is 31.1 Å². The smallest absolute Gasteiger partial charge is 0.363 e. The van der Waals surface area contributed by atoms with Crippen LogP contribution in [0.15, 0.2) is 22.9 Å². The zero-order valence-electron chi connectivity index (χ0n) is 12.2. The summed E-state index contributed by atoms with van der Waals surface area (Å²) in [6.07, 6.45) is 1.14. The Hall–Kier alpha value is -1.83. The van der Waals surface area contributed by atoms with Crippen LogP contribution in [0.25, 0.3) is 6.08 Å². The van der Waals surface area contributed by atoms with Crippen LogP contribution in [0.5, 0.6) is 0 Å². The molecule has 3 heterocycles. The molecule has 1 aromatic heterocycles. The van der Waals surface area contributed by atoms with E-state index in [1.54, 1.807) is 6.07 Å². The van der Waals surface area contributed by atoms with Crippen molar-refractivity contribution in [3.8, 4) is 0 Å².